The lowest BCUT2D eigenvalue weighted by Crippen LogP contribution is -2.13. The fourth-order valence-electron chi connectivity index (χ4n) is 1.27. The molecule has 2 heterocycles. The molecule has 0 atom stereocenters. The average molecular weight is 383 g/mol. The molecule has 0 aliphatic rings. The minimum absolute atomic E-state index is 0.139. The van der Waals surface area contributed by atoms with Crippen molar-refractivity contribution in [3.05, 3.63) is 32.7 Å². The second kappa shape index (κ2) is 5.28. The maximum Gasteiger partial charge on any atom is 0.272 e. The summed E-state index contributed by atoms with van der Waals surface area (Å²) in [5, 5.41) is 0. The first-order chi connectivity index (χ1) is 8.79. The summed E-state index contributed by atoms with van der Waals surface area (Å²) in [6.07, 6.45) is 1.37. The Morgan fingerprint density at radius 3 is 2.68 bits per heavy atom. The standard InChI is InChI=1S/C10H9BrClN3O2S2/c1-5-2-8(18-9(5)12)19(16,17)15-10-7(11)3-6(13)4-14-10/h2-4H,13H2,1H3,(H,14,15). The van der Waals surface area contributed by atoms with Gasteiger partial charge in [0.15, 0.2) is 5.82 Å². The summed E-state index contributed by atoms with van der Waals surface area (Å²) >= 11 is 10.1. The van der Waals surface area contributed by atoms with E-state index in [2.05, 4.69) is 25.6 Å². The van der Waals surface area contributed by atoms with E-state index in [4.69, 9.17) is 17.3 Å². The van der Waals surface area contributed by atoms with Gasteiger partial charge in [-0.3, -0.25) is 4.72 Å². The van der Waals surface area contributed by atoms with Crippen LogP contribution in [0.2, 0.25) is 4.34 Å². The lowest BCUT2D eigenvalue weighted by molar-refractivity contribution is 0.603. The van der Waals surface area contributed by atoms with Gasteiger partial charge >= 0.3 is 0 Å². The summed E-state index contributed by atoms with van der Waals surface area (Å²) < 4.78 is 27.7. The Kier molecular flexibility index (Phi) is 4.05. The number of hydrogen-bond acceptors (Lipinski definition) is 5. The number of nitrogens with two attached hydrogens (primary N) is 1. The molecule has 102 valence electrons. The molecule has 0 aliphatic carbocycles. The molecule has 0 saturated heterocycles. The SMILES string of the molecule is Cc1cc(S(=O)(=O)Nc2ncc(N)cc2Br)sc1Cl. The highest BCUT2D eigenvalue weighted by atomic mass is 79.9. The fraction of sp³-hybridized carbons (Fsp3) is 0.100. The number of hydrogen-bond donors (Lipinski definition) is 2. The van der Waals surface area contributed by atoms with Gasteiger partial charge in [0.25, 0.3) is 10.0 Å². The molecule has 2 rings (SSSR count). The summed E-state index contributed by atoms with van der Waals surface area (Å²) in [5.74, 6) is 0.177. The zero-order chi connectivity index (χ0) is 14.2. The van der Waals surface area contributed by atoms with Crippen LogP contribution in [0.4, 0.5) is 11.5 Å². The van der Waals surface area contributed by atoms with Gasteiger partial charge in [-0.25, -0.2) is 13.4 Å². The van der Waals surface area contributed by atoms with E-state index in [-0.39, 0.29) is 10.0 Å². The number of nitrogen functional groups attached to an aromatic ring is 1. The average Bonchev–Trinajstić information content (AvgIpc) is 2.64. The number of nitrogens with one attached hydrogen (secondary N) is 1. The maximum absolute atomic E-state index is 12.2. The van der Waals surface area contributed by atoms with E-state index < -0.39 is 10.0 Å². The maximum atomic E-state index is 12.2. The van der Waals surface area contributed by atoms with Crippen molar-refractivity contribution in [2.75, 3.05) is 10.5 Å². The predicted molar refractivity (Wildman–Crippen MR) is 81.2 cm³/mol. The van der Waals surface area contributed by atoms with Crippen LogP contribution in [0.3, 0.4) is 0 Å². The number of aromatic nitrogens is 1. The van der Waals surface area contributed by atoms with Gasteiger partial charge in [-0.05, 0) is 40.5 Å². The first-order valence-electron chi connectivity index (χ1n) is 4.99. The van der Waals surface area contributed by atoms with E-state index in [1.165, 1.54) is 12.3 Å². The zero-order valence-corrected chi connectivity index (χ0v) is 13.6. The smallest absolute Gasteiger partial charge is 0.272 e. The molecule has 0 aliphatic heterocycles. The summed E-state index contributed by atoms with van der Waals surface area (Å²) in [6.45, 7) is 1.75. The first kappa shape index (κ1) is 14.6. The van der Waals surface area contributed by atoms with E-state index in [1.54, 1.807) is 13.0 Å². The number of halogens is 2. The van der Waals surface area contributed by atoms with Crippen molar-refractivity contribution in [1.29, 1.82) is 0 Å². The van der Waals surface area contributed by atoms with Crippen LogP contribution >= 0.6 is 38.9 Å². The van der Waals surface area contributed by atoms with Crippen molar-refractivity contribution in [1.82, 2.24) is 4.98 Å². The summed E-state index contributed by atoms with van der Waals surface area (Å²) in [5.41, 5.74) is 6.69. The normalized spacial score (nSPS) is 11.5. The number of nitrogens with zero attached hydrogens (tertiary/aromatic N) is 1. The Balaban J connectivity index is 2.36. The Bertz CT molecular complexity index is 711. The Morgan fingerprint density at radius 2 is 2.16 bits per heavy atom. The van der Waals surface area contributed by atoms with Crippen molar-refractivity contribution in [2.24, 2.45) is 0 Å². The third-order valence-corrected chi connectivity index (χ3v) is 6.16. The Morgan fingerprint density at radius 1 is 1.47 bits per heavy atom. The van der Waals surface area contributed by atoms with Crippen LogP contribution in [0.5, 0.6) is 0 Å². The van der Waals surface area contributed by atoms with E-state index in [9.17, 15) is 8.42 Å². The molecule has 0 aromatic carbocycles. The molecule has 0 bridgehead atoms. The molecule has 5 nitrogen and oxygen atoms in total. The predicted octanol–water partition coefficient (Wildman–Crippen LogP) is 3.25. The number of sulfonamides is 1. The van der Waals surface area contributed by atoms with E-state index in [0.29, 0.717) is 14.5 Å². The zero-order valence-electron chi connectivity index (χ0n) is 9.65. The summed E-state index contributed by atoms with van der Waals surface area (Å²) in [7, 11) is -3.70. The van der Waals surface area contributed by atoms with Crippen LogP contribution in [0.25, 0.3) is 0 Å². The van der Waals surface area contributed by atoms with Gasteiger partial charge in [0, 0.05) is 0 Å². The van der Waals surface area contributed by atoms with Gasteiger partial charge < -0.3 is 5.73 Å². The monoisotopic (exact) mass is 381 g/mol. The lowest BCUT2D eigenvalue weighted by Gasteiger charge is -2.07. The summed E-state index contributed by atoms with van der Waals surface area (Å²) in [4.78, 5) is 3.93. The fourth-order valence-corrected chi connectivity index (χ4v) is 4.60. The molecule has 9 heteroatoms. The molecule has 0 amide bonds. The number of rotatable bonds is 3. The molecule has 0 radical (unpaired) electrons. The van der Waals surface area contributed by atoms with Gasteiger partial charge in [-0.1, -0.05) is 11.6 Å². The van der Waals surface area contributed by atoms with Gasteiger partial charge in [0.1, 0.15) is 4.21 Å². The summed E-state index contributed by atoms with van der Waals surface area (Å²) in [6, 6.07) is 3.08. The van der Waals surface area contributed by atoms with Crippen LogP contribution in [0.15, 0.2) is 27.0 Å². The van der Waals surface area contributed by atoms with Crippen molar-refractivity contribution < 1.29 is 8.42 Å². The molecule has 2 aromatic rings. The van der Waals surface area contributed by atoms with E-state index in [0.717, 1.165) is 16.9 Å². The van der Waals surface area contributed by atoms with Crippen molar-refractivity contribution in [3.8, 4) is 0 Å². The number of pyridine rings is 1. The van der Waals surface area contributed by atoms with Crippen LogP contribution in [-0.4, -0.2) is 13.4 Å². The first-order valence-corrected chi connectivity index (χ1v) is 8.46. The molecule has 19 heavy (non-hydrogen) atoms. The van der Waals surface area contributed by atoms with Crippen molar-refractivity contribution in [3.63, 3.8) is 0 Å². The molecule has 2 aromatic heterocycles. The number of thiophene rings is 1. The minimum Gasteiger partial charge on any atom is -0.397 e. The highest BCUT2D eigenvalue weighted by Crippen LogP contribution is 2.32. The number of aryl methyl sites for hydroxylation is 1. The van der Waals surface area contributed by atoms with Gasteiger partial charge in [-0.15, -0.1) is 11.3 Å². The molecular formula is C10H9BrClN3O2S2. The molecule has 0 spiro atoms. The Labute approximate surface area is 128 Å². The van der Waals surface area contributed by atoms with Gasteiger partial charge in [-0.2, -0.15) is 0 Å². The van der Waals surface area contributed by atoms with Crippen molar-refractivity contribution >= 4 is 60.4 Å². The van der Waals surface area contributed by atoms with Crippen LogP contribution in [-0.2, 0) is 10.0 Å². The number of anilines is 2. The van der Waals surface area contributed by atoms with Gasteiger partial charge in [0.2, 0.25) is 0 Å². The third-order valence-electron chi connectivity index (χ3n) is 2.19. The van der Waals surface area contributed by atoms with E-state index in [1.807, 2.05) is 0 Å². The Hall–Kier alpha value is -0.830. The van der Waals surface area contributed by atoms with Crippen LogP contribution < -0.4 is 10.5 Å². The van der Waals surface area contributed by atoms with Gasteiger partial charge in [0.05, 0.1) is 20.7 Å². The molecule has 0 fully saturated rings. The molecular weight excluding hydrogens is 374 g/mol. The van der Waals surface area contributed by atoms with Crippen LogP contribution in [0.1, 0.15) is 5.56 Å². The topological polar surface area (TPSA) is 85.1 Å². The highest BCUT2D eigenvalue weighted by Gasteiger charge is 2.20. The second-order valence-electron chi connectivity index (χ2n) is 3.73. The van der Waals surface area contributed by atoms with Crippen molar-refractivity contribution in [2.45, 2.75) is 11.1 Å². The van der Waals surface area contributed by atoms with E-state index >= 15 is 0 Å². The largest absolute Gasteiger partial charge is 0.397 e. The third kappa shape index (κ3) is 3.19. The molecule has 0 saturated carbocycles. The second-order valence-corrected chi connectivity index (χ2v) is 8.14. The molecule has 3 N–H and O–H groups in total. The lowest BCUT2D eigenvalue weighted by atomic mass is 10.4. The minimum atomic E-state index is -3.70. The quantitative estimate of drug-likeness (QED) is 0.853. The highest BCUT2D eigenvalue weighted by molar-refractivity contribution is 9.10. The van der Waals surface area contributed by atoms with Crippen LogP contribution in [0, 0.1) is 6.92 Å². The molecule has 0 unspecified atom stereocenters.